The minimum atomic E-state index is 0.743. The molecule has 0 bridgehead atoms. The molecule has 2 nitrogen and oxygen atoms in total. The first-order valence-electron chi connectivity index (χ1n) is 7.17. The van der Waals surface area contributed by atoms with E-state index in [0.29, 0.717) is 0 Å². The van der Waals surface area contributed by atoms with Gasteiger partial charge in [0.1, 0.15) is 0 Å². The fraction of sp³-hybridized carbons (Fsp3) is 0.105. The molecule has 3 rings (SSSR count). The average molecular weight is 274 g/mol. The quantitative estimate of drug-likeness (QED) is 0.751. The highest BCUT2D eigenvalue weighted by molar-refractivity contribution is 5.52. The maximum absolute atomic E-state index is 4.34. The summed E-state index contributed by atoms with van der Waals surface area (Å²) in [6, 6.07) is 25.0. The average Bonchev–Trinajstić information content (AvgIpc) is 2.56. The van der Waals surface area contributed by atoms with Crippen molar-refractivity contribution in [2.24, 2.45) is 0 Å². The fourth-order valence-electron chi connectivity index (χ4n) is 2.35. The number of pyridine rings is 1. The normalized spacial score (nSPS) is 10.3. The van der Waals surface area contributed by atoms with Crippen LogP contribution in [0.3, 0.4) is 0 Å². The molecule has 21 heavy (non-hydrogen) atoms. The van der Waals surface area contributed by atoms with E-state index in [2.05, 4.69) is 64.9 Å². The van der Waals surface area contributed by atoms with Gasteiger partial charge in [0.05, 0.1) is 12.2 Å². The highest BCUT2D eigenvalue weighted by Gasteiger charge is 2.03. The smallest absolute Gasteiger partial charge is 0.0594 e. The largest absolute Gasteiger partial charge is 0.379 e. The molecule has 1 aromatic heterocycles. The van der Waals surface area contributed by atoms with Gasteiger partial charge in [0.2, 0.25) is 0 Å². The molecule has 0 aliphatic rings. The van der Waals surface area contributed by atoms with Crippen molar-refractivity contribution in [3.05, 3.63) is 95.8 Å². The van der Waals surface area contributed by atoms with Gasteiger partial charge in [-0.15, -0.1) is 0 Å². The Morgan fingerprint density at radius 2 is 1.52 bits per heavy atom. The third-order valence-corrected chi connectivity index (χ3v) is 3.44. The summed E-state index contributed by atoms with van der Waals surface area (Å²) in [5.74, 6) is 0. The Bertz CT molecular complexity index is 678. The molecule has 0 unspecified atom stereocenters. The first-order chi connectivity index (χ1) is 10.4. The second-order valence-electron chi connectivity index (χ2n) is 4.99. The number of aromatic nitrogens is 1. The molecule has 0 fully saturated rings. The lowest BCUT2D eigenvalue weighted by Gasteiger charge is -2.12. The first-order valence-corrected chi connectivity index (χ1v) is 7.17. The Hall–Kier alpha value is -2.61. The van der Waals surface area contributed by atoms with Gasteiger partial charge in [0.25, 0.3) is 0 Å². The lowest BCUT2D eigenvalue weighted by molar-refractivity contribution is 1.04. The van der Waals surface area contributed by atoms with Crippen LogP contribution in [0.4, 0.5) is 5.69 Å². The standard InChI is InChI=1S/C19H18N2/c1-2-8-16(9-3-1)14-17-10-4-5-12-19(17)21-15-18-11-6-7-13-20-18/h1-13,21H,14-15H2. The van der Waals surface area contributed by atoms with E-state index in [4.69, 9.17) is 0 Å². The predicted octanol–water partition coefficient (Wildman–Crippen LogP) is 4.28. The zero-order valence-corrected chi connectivity index (χ0v) is 11.9. The van der Waals surface area contributed by atoms with Crippen molar-refractivity contribution in [2.75, 3.05) is 5.32 Å². The van der Waals surface area contributed by atoms with Gasteiger partial charge < -0.3 is 5.32 Å². The van der Waals surface area contributed by atoms with E-state index in [-0.39, 0.29) is 0 Å². The molecule has 2 heteroatoms. The zero-order chi connectivity index (χ0) is 14.3. The van der Waals surface area contributed by atoms with Crippen molar-refractivity contribution in [3.8, 4) is 0 Å². The van der Waals surface area contributed by atoms with Crippen LogP contribution in [0.15, 0.2) is 79.0 Å². The molecule has 3 aromatic rings. The summed E-state index contributed by atoms with van der Waals surface area (Å²) in [7, 11) is 0. The van der Waals surface area contributed by atoms with Gasteiger partial charge >= 0.3 is 0 Å². The molecule has 0 radical (unpaired) electrons. The monoisotopic (exact) mass is 274 g/mol. The van der Waals surface area contributed by atoms with E-state index in [9.17, 15) is 0 Å². The molecule has 0 saturated carbocycles. The predicted molar refractivity (Wildman–Crippen MR) is 87.3 cm³/mol. The van der Waals surface area contributed by atoms with Gasteiger partial charge in [0, 0.05) is 11.9 Å². The maximum atomic E-state index is 4.34. The van der Waals surface area contributed by atoms with Crippen molar-refractivity contribution < 1.29 is 0 Å². The lowest BCUT2D eigenvalue weighted by Crippen LogP contribution is -2.04. The number of para-hydroxylation sites is 1. The fourth-order valence-corrected chi connectivity index (χ4v) is 2.35. The van der Waals surface area contributed by atoms with Crippen LogP contribution in [-0.4, -0.2) is 4.98 Å². The van der Waals surface area contributed by atoms with Gasteiger partial charge in [-0.25, -0.2) is 0 Å². The van der Waals surface area contributed by atoms with Gasteiger partial charge in [-0.05, 0) is 35.7 Å². The molecule has 0 spiro atoms. The van der Waals surface area contributed by atoms with E-state index < -0.39 is 0 Å². The first kappa shape index (κ1) is 13.4. The van der Waals surface area contributed by atoms with Gasteiger partial charge in [-0.1, -0.05) is 54.6 Å². The van der Waals surface area contributed by atoms with Crippen molar-refractivity contribution in [1.29, 1.82) is 0 Å². The highest BCUT2D eigenvalue weighted by Crippen LogP contribution is 2.19. The van der Waals surface area contributed by atoms with Crippen molar-refractivity contribution >= 4 is 5.69 Å². The third-order valence-electron chi connectivity index (χ3n) is 3.44. The number of benzene rings is 2. The topological polar surface area (TPSA) is 24.9 Å². The second kappa shape index (κ2) is 6.71. The Morgan fingerprint density at radius 1 is 0.762 bits per heavy atom. The van der Waals surface area contributed by atoms with E-state index in [0.717, 1.165) is 18.7 Å². The Kier molecular flexibility index (Phi) is 4.27. The summed E-state index contributed by atoms with van der Waals surface area (Å²) in [5, 5.41) is 3.49. The summed E-state index contributed by atoms with van der Waals surface area (Å²) in [5.41, 5.74) is 4.85. The van der Waals surface area contributed by atoms with Gasteiger partial charge in [-0.3, -0.25) is 4.98 Å². The van der Waals surface area contributed by atoms with Crippen LogP contribution in [-0.2, 0) is 13.0 Å². The van der Waals surface area contributed by atoms with Gasteiger partial charge in [-0.2, -0.15) is 0 Å². The number of hydrogen-bond acceptors (Lipinski definition) is 2. The molecule has 1 N–H and O–H groups in total. The van der Waals surface area contributed by atoms with Crippen molar-refractivity contribution in [1.82, 2.24) is 4.98 Å². The van der Waals surface area contributed by atoms with E-state index in [1.54, 1.807) is 0 Å². The number of hydrogen-bond donors (Lipinski definition) is 1. The van der Waals surface area contributed by atoms with Crippen LogP contribution in [0.2, 0.25) is 0 Å². The maximum Gasteiger partial charge on any atom is 0.0594 e. The molecule has 1 heterocycles. The molecule has 0 amide bonds. The highest BCUT2D eigenvalue weighted by atomic mass is 14.9. The van der Waals surface area contributed by atoms with Crippen LogP contribution in [0.5, 0.6) is 0 Å². The van der Waals surface area contributed by atoms with Crippen LogP contribution in [0.25, 0.3) is 0 Å². The summed E-state index contributed by atoms with van der Waals surface area (Å²) in [6.07, 6.45) is 2.76. The Morgan fingerprint density at radius 3 is 2.33 bits per heavy atom. The molecule has 0 aliphatic carbocycles. The van der Waals surface area contributed by atoms with E-state index >= 15 is 0 Å². The molecule has 0 saturated heterocycles. The number of anilines is 1. The molecular formula is C19H18N2. The number of rotatable bonds is 5. The van der Waals surface area contributed by atoms with Crippen LogP contribution >= 0.6 is 0 Å². The summed E-state index contributed by atoms with van der Waals surface area (Å²) in [6.45, 7) is 0.743. The van der Waals surface area contributed by atoms with Crippen LogP contribution in [0.1, 0.15) is 16.8 Å². The summed E-state index contributed by atoms with van der Waals surface area (Å²) < 4.78 is 0. The van der Waals surface area contributed by atoms with Gasteiger partial charge in [0.15, 0.2) is 0 Å². The third kappa shape index (κ3) is 3.69. The minimum absolute atomic E-state index is 0.743. The van der Waals surface area contributed by atoms with E-state index in [1.165, 1.54) is 16.8 Å². The second-order valence-corrected chi connectivity index (χ2v) is 4.99. The van der Waals surface area contributed by atoms with Crippen LogP contribution < -0.4 is 5.32 Å². The Labute approximate surface area is 125 Å². The van der Waals surface area contributed by atoms with Crippen LogP contribution in [0, 0.1) is 0 Å². The van der Waals surface area contributed by atoms with E-state index in [1.807, 2.05) is 24.4 Å². The molecular weight excluding hydrogens is 256 g/mol. The molecule has 0 aliphatic heterocycles. The van der Waals surface area contributed by atoms with Crippen molar-refractivity contribution in [3.63, 3.8) is 0 Å². The minimum Gasteiger partial charge on any atom is -0.379 e. The summed E-state index contributed by atoms with van der Waals surface area (Å²) >= 11 is 0. The molecule has 2 aromatic carbocycles. The lowest BCUT2D eigenvalue weighted by atomic mass is 10.0. The Balaban J connectivity index is 1.73. The summed E-state index contributed by atoms with van der Waals surface area (Å²) in [4.78, 5) is 4.34. The number of nitrogens with one attached hydrogen (secondary N) is 1. The molecule has 0 atom stereocenters. The van der Waals surface area contributed by atoms with Crippen molar-refractivity contribution in [2.45, 2.75) is 13.0 Å². The zero-order valence-electron chi connectivity index (χ0n) is 11.9. The number of nitrogens with zero attached hydrogens (tertiary/aromatic N) is 1. The SMILES string of the molecule is c1ccc(Cc2ccccc2NCc2ccccn2)cc1. The molecule has 104 valence electrons.